The Morgan fingerprint density at radius 2 is 1.72 bits per heavy atom. The number of hydrogen-bond donors (Lipinski definition) is 4. The van der Waals surface area contributed by atoms with E-state index in [1.54, 1.807) is 11.9 Å². The Balaban J connectivity index is 0.000000404. The molecule has 5 N–H and O–H groups in total. The Labute approximate surface area is 233 Å². The van der Waals surface area contributed by atoms with Gasteiger partial charge in [-0.2, -0.15) is 0 Å². The van der Waals surface area contributed by atoms with E-state index in [0.717, 1.165) is 51.4 Å². The van der Waals surface area contributed by atoms with Crippen LogP contribution in [0.25, 0.3) is 0 Å². The lowest BCUT2D eigenvalue weighted by atomic mass is 9.80. The number of rotatable bonds is 10. The van der Waals surface area contributed by atoms with E-state index in [1.165, 1.54) is 6.42 Å². The first kappa shape index (κ1) is 32.3. The summed E-state index contributed by atoms with van der Waals surface area (Å²) in [5, 5.41) is 8.50. The molecule has 2 saturated carbocycles. The summed E-state index contributed by atoms with van der Waals surface area (Å²) in [6, 6.07) is -1.95. The van der Waals surface area contributed by atoms with Gasteiger partial charge in [0.05, 0.1) is 12.1 Å². The van der Waals surface area contributed by atoms with Gasteiger partial charge in [0.1, 0.15) is 11.6 Å². The minimum atomic E-state index is -1.04. The molecule has 1 aliphatic heterocycles. The van der Waals surface area contributed by atoms with Crippen LogP contribution in [0.15, 0.2) is 0 Å². The minimum absolute atomic E-state index is 0.121. The van der Waals surface area contributed by atoms with E-state index in [0.29, 0.717) is 31.7 Å². The first-order valence-corrected chi connectivity index (χ1v) is 14.2. The highest BCUT2D eigenvalue weighted by Crippen LogP contribution is 2.31. The molecule has 39 heavy (non-hydrogen) atoms. The maximum Gasteiger partial charge on any atom is 0.287 e. The molecule has 3 atom stereocenters. The zero-order valence-electron chi connectivity index (χ0n) is 24.0. The number of nitrogens with zero attached hydrogens (tertiary/aromatic N) is 1. The third-order valence-corrected chi connectivity index (χ3v) is 8.23. The maximum absolute atomic E-state index is 13.0. The van der Waals surface area contributed by atoms with Crippen molar-refractivity contribution in [2.45, 2.75) is 115 Å². The van der Waals surface area contributed by atoms with E-state index in [-0.39, 0.29) is 22.8 Å². The first-order chi connectivity index (χ1) is 18.4. The third kappa shape index (κ3) is 8.79. The largest absolute Gasteiger partial charge is 0.363 e. The summed E-state index contributed by atoms with van der Waals surface area (Å²) in [6.07, 6.45) is 16.2. The number of carbonyl (C=O) groups excluding carboxylic acids is 5. The van der Waals surface area contributed by atoms with Crippen LogP contribution in [0.2, 0.25) is 0 Å². The standard InChI is InChI=1S/C20H34N4O4.C9H13NO/c1-20(2,3)16(22-4)19(28)24-10-6-9-14(24)18(27)23-13(15(25)17(21)26)11-12-7-5-8-12;1-2-9(10-8-11)6-4-3-5-7-9/h12-14,16,22H,5-11H2,1-4H3,(H2,21,26)(H,23,27);1,8H,3-7H2,(H,10,11). The van der Waals surface area contributed by atoms with Crippen LogP contribution in [0, 0.1) is 23.7 Å². The van der Waals surface area contributed by atoms with Crippen LogP contribution in [0.4, 0.5) is 0 Å². The van der Waals surface area contributed by atoms with Gasteiger partial charge in [-0.05, 0) is 50.5 Å². The second-order valence-electron chi connectivity index (χ2n) is 12.1. The SMILES string of the molecule is C#CC1(NC=O)CCCCC1.CNC(C(=O)N1CCCC1C(=O)NC(CC1CCC1)C(=O)C(N)=O)C(C)(C)C. The van der Waals surface area contributed by atoms with Gasteiger partial charge >= 0.3 is 0 Å². The van der Waals surface area contributed by atoms with Crippen molar-refractivity contribution in [1.82, 2.24) is 20.9 Å². The Morgan fingerprint density at radius 1 is 1.08 bits per heavy atom. The molecule has 3 fully saturated rings. The van der Waals surface area contributed by atoms with Crippen molar-refractivity contribution in [3.05, 3.63) is 0 Å². The zero-order chi connectivity index (χ0) is 29.2. The molecule has 2 aliphatic carbocycles. The highest BCUT2D eigenvalue weighted by atomic mass is 16.2. The van der Waals surface area contributed by atoms with Crippen molar-refractivity contribution < 1.29 is 24.0 Å². The number of Topliss-reactive ketones (excluding diaryl/α,β-unsaturated/α-hetero) is 1. The summed E-state index contributed by atoms with van der Waals surface area (Å²) < 4.78 is 0. The number of amides is 4. The monoisotopic (exact) mass is 545 g/mol. The smallest absolute Gasteiger partial charge is 0.287 e. The number of primary amides is 1. The molecule has 0 spiro atoms. The summed E-state index contributed by atoms with van der Waals surface area (Å²) in [5.74, 6) is 0.698. The van der Waals surface area contributed by atoms with Gasteiger partial charge in [-0.1, -0.05) is 65.2 Å². The number of nitrogens with two attached hydrogens (primary N) is 1. The molecule has 1 heterocycles. The molecular formula is C29H47N5O5. The van der Waals surface area contributed by atoms with E-state index in [9.17, 15) is 24.0 Å². The number of likely N-dealkylation sites (N-methyl/N-ethyl adjacent to an activating group) is 1. The van der Waals surface area contributed by atoms with E-state index in [2.05, 4.69) is 21.9 Å². The minimum Gasteiger partial charge on any atom is -0.363 e. The van der Waals surface area contributed by atoms with Crippen LogP contribution in [0.5, 0.6) is 0 Å². The van der Waals surface area contributed by atoms with E-state index >= 15 is 0 Å². The average molecular weight is 546 g/mol. The highest BCUT2D eigenvalue weighted by Gasteiger charge is 2.41. The highest BCUT2D eigenvalue weighted by molar-refractivity contribution is 6.37. The molecule has 0 aromatic carbocycles. The molecule has 0 bridgehead atoms. The number of terminal acetylenes is 1. The topological polar surface area (TPSA) is 151 Å². The predicted molar refractivity (Wildman–Crippen MR) is 149 cm³/mol. The van der Waals surface area contributed by atoms with E-state index in [4.69, 9.17) is 12.2 Å². The van der Waals surface area contributed by atoms with Gasteiger partial charge in [0.2, 0.25) is 24.0 Å². The van der Waals surface area contributed by atoms with Gasteiger partial charge in [0.15, 0.2) is 0 Å². The van der Waals surface area contributed by atoms with E-state index in [1.807, 2.05) is 20.8 Å². The lowest BCUT2D eigenvalue weighted by Gasteiger charge is -2.35. The summed E-state index contributed by atoms with van der Waals surface area (Å²) in [6.45, 7) is 6.41. The maximum atomic E-state index is 13.0. The normalized spacial score (nSPS) is 22.1. The molecule has 4 amide bonds. The predicted octanol–water partition coefficient (Wildman–Crippen LogP) is 1.41. The number of carbonyl (C=O) groups is 5. The van der Waals surface area contributed by atoms with Crippen molar-refractivity contribution in [3.8, 4) is 12.3 Å². The average Bonchev–Trinajstić information content (AvgIpc) is 3.36. The Kier molecular flexibility index (Phi) is 12.0. The number of ketones is 1. The molecule has 0 aromatic heterocycles. The van der Waals surface area contributed by atoms with Crippen LogP contribution in [-0.4, -0.2) is 72.1 Å². The van der Waals surface area contributed by atoms with Gasteiger partial charge in [0, 0.05) is 6.54 Å². The van der Waals surface area contributed by atoms with Crippen LogP contribution >= 0.6 is 0 Å². The van der Waals surface area contributed by atoms with Crippen molar-refractivity contribution in [1.29, 1.82) is 0 Å². The summed E-state index contributed by atoms with van der Waals surface area (Å²) in [7, 11) is 1.74. The Morgan fingerprint density at radius 3 is 2.18 bits per heavy atom. The van der Waals surface area contributed by atoms with Crippen LogP contribution in [-0.2, 0) is 24.0 Å². The molecule has 10 nitrogen and oxygen atoms in total. The lowest BCUT2D eigenvalue weighted by Crippen LogP contribution is -2.57. The third-order valence-electron chi connectivity index (χ3n) is 8.23. The fourth-order valence-corrected chi connectivity index (χ4v) is 5.73. The quantitative estimate of drug-likeness (QED) is 0.185. The fourth-order valence-electron chi connectivity index (χ4n) is 5.73. The van der Waals surface area contributed by atoms with Gasteiger partial charge < -0.3 is 26.6 Å². The molecule has 10 heteroatoms. The van der Waals surface area contributed by atoms with Gasteiger partial charge in [-0.15, -0.1) is 6.42 Å². The second-order valence-corrected chi connectivity index (χ2v) is 12.1. The lowest BCUT2D eigenvalue weighted by molar-refractivity contribution is -0.143. The Hall–Kier alpha value is -2.93. The molecule has 3 aliphatic rings. The van der Waals surface area contributed by atoms with Crippen molar-refractivity contribution in [3.63, 3.8) is 0 Å². The second kappa shape index (κ2) is 14.5. The number of nitrogens with one attached hydrogen (secondary N) is 3. The molecule has 3 unspecified atom stereocenters. The van der Waals surface area contributed by atoms with Crippen molar-refractivity contribution >= 4 is 29.9 Å². The summed E-state index contributed by atoms with van der Waals surface area (Å²) in [5.41, 5.74) is 4.55. The fraction of sp³-hybridized carbons (Fsp3) is 0.759. The van der Waals surface area contributed by atoms with Crippen molar-refractivity contribution in [2.24, 2.45) is 17.1 Å². The van der Waals surface area contributed by atoms with Crippen LogP contribution < -0.4 is 21.7 Å². The number of hydrogen-bond acceptors (Lipinski definition) is 6. The van der Waals surface area contributed by atoms with E-state index < -0.39 is 29.8 Å². The molecule has 3 rings (SSSR count). The van der Waals surface area contributed by atoms with Gasteiger partial charge in [0.25, 0.3) is 5.91 Å². The molecule has 1 saturated heterocycles. The van der Waals surface area contributed by atoms with Crippen LogP contribution in [0.1, 0.15) is 91.4 Å². The first-order valence-electron chi connectivity index (χ1n) is 14.2. The van der Waals surface area contributed by atoms with Gasteiger partial charge in [-0.25, -0.2) is 0 Å². The number of likely N-dealkylation sites (tertiary alicyclic amines) is 1. The molecular weight excluding hydrogens is 498 g/mol. The van der Waals surface area contributed by atoms with Crippen molar-refractivity contribution in [2.75, 3.05) is 13.6 Å². The zero-order valence-corrected chi connectivity index (χ0v) is 24.0. The van der Waals surface area contributed by atoms with Gasteiger partial charge in [-0.3, -0.25) is 24.0 Å². The molecule has 218 valence electrons. The molecule has 0 aromatic rings. The summed E-state index contributed by atoms with van der Waals surface area (Å²) in [4.78, 5) is 61.4. The van der Waals surface area contributed by atoms with Crippen LogP contribution in [0.3, 0.4) is 0 Å². The molecule has 0 radical (unpaired) electrons. The Bertz CT molecular complexity index is 927. The summed E-state index contributed by atoms with van der Waals surface area (Å²) >= 11 is 0.